The Labute approximate surface area is 203 Å². The Balaban J connectivity index is 1.35. The Bertz CT molecular complexity index is 1180. The van der Waals surface area contributed by atoms with Gasteiger partial charge in [-0.05, 0) is 55.3 Å². The van der Waals surface area contributed by atoms with Crippen molar-refractivity contribution in [3.8, 4) is 17.2 Å². The van der Waals surface area contributed by atoms with Gasteiger partial charge in [-0.2, -0.15) is 26.3 Å². The predicted molar refractivity (Wildman–Crippen MR) is 120 cm³/mol. The number of pyridine rings is 1. The fourth-order valence-corrected chi connectivity index (χ4v) is 4.94. The average Bonchev–Trinajstić information content (AvgIpc) is 3.06. The van der Waals surface area contributed by atoms with Gasteiger partial charge >= 0.3 is 12.4 Å². The molecule has 1 saturated carbocycles. The van der Waals surface area contributed by atoms with Crippen LogP contribution in [0.3, 0.4) is 0 Å². The van der Waals surface area contributed by atoms with Crippen molar-refractivity contribution < 1.29 is 35.8 Å². The van der Waals surface area contributed by atoms with Crippen LogP contribution < -0.4 is 14.4 Å². The van der Waals surface area contributed by atoms with Crippen LogP contribution in [-0.4, -0.2) is 24.2 Å². The predicted octanol–water partition coefficient (Wildman–Crippen LogP) is 7.21. The van der Waals surface area contributed by atoms with E-state index in [0.717, 1.165) is 31.0 Å². The largest absolute Gasteiger partial charge is 0.486 e. The number of fused-ring (bicyclic) bond motifs is 2. The van der Waals surface area contributed by atoms with Crippen molar-refractivity contribution in [1.29, 1.82) is 0 Å². The molecule has 5 rings (SSSR count). The minimum atomic E-state index is -4.53. The lowest BCUT2D eigenvalue weighted by Gasteiger charge is -2.39. The maximum atomic E-state index is 13.4. The average molecular weight is 508 g/mol. The summed E-state index contributed by atoms with van der Waals surface area (Å²) in [7, 11) is 0. The standard InChI is InChI=1S/C26H22F6N2O2/c27-25(28,29)18-8-10-21(22(12-18)35-20-4-2-1-3-5-20)36-24-16-6-7-17(24)15-34(14-16)19-9-11-23(33-13-19)26(30,31)32/h1-5,8-13,16-17,24H,6-7,14-15H2/t16-,17+,24?. The summed E-state index contributed by atoms with van der Waals surface area (Å²) in [5, 5.41) is 0. The molecule has 3 atom stereocenters. The zero-order valence-corrected chi connectivity index (χ0v) is 18.9. The van der Waals surface area contributed by atoms with E-state index in [0.29, 0.717) is 24.5 Å². The third kappa shape index (κ3) is 5.08. The molecule has 10 heteroatoms. The van der Waals surface area contributed by atoms with E-state index in [1.165, 1.54) is 18.3 Å². The number of anilines is 1. The molecule has 1 unspecified atom stereocenters. The first kappa shape index (κ1) is 24.3. The molecule has 0 radical (unpaired) electrons. The summed E-state index contributed by atoms with van der Waals surface area (Å²) in [5.74, 6) is 0.688. The van der Waals surface area contributed by atoms with Crippen LogP contribution in [-0.2, 0) is 12.4 Å². The second kappa shape index (κ2) is 9.22. The fourth-order valence-electron chi connectivity index (χ4n) is 4.94. The first-order chi connectivity index (χ1) is 17.1. The molecule has 0 amide bonds. The summed E-state index contributed by atoms with van der Waals surface area (Å²) >= 11 is 0. The Morgan fingerprint density at radius 1 is 0.778 bits per heavy atom. The molecule has 0 spiro atoms. The number of halogens is 6. The van der Waals surface area contributed by atoms with E-state index in [9.17, 15) is 26.3 Å². The van der Waals surface area contributed by atoms with Crippen LogP contribution >= 0.6 is 0 Å². The number of para-hydroxylation sites is 1. The number of hydrogen-bond acceptors (Lipinski definition) is 4. The minimum Gasteiger partial charge on any atom is -0.486 e. The number of piperidine rings is 1. The smallest absolute Gasteiger partial charge is 0.433 e. The van der Waals surface area contributed by atoms with Crippen LogP contribution in [0.5, 0.6) is 17.2 Å². The fraction of sp³-hybridized carbons (Fsp3) is 0.346. The van der Waals surface area contributed by atoms with Gasteiger partial charge in [-0.15, -0.1) is 0 Å². The van der Waals surface area contributed by atoms with Gasteiger partial charge in [0.25, 0.3) is 0 Å². The van der Waals surface area contributed by atoms with Crippen molar-refractivity contribution in [2.45, 2.75) is 31.3 Å². The summed E-state index contributed by atoms with van der Waals surface area (Å²) < 4.78 is 90.7. The van der Waals surface area contributed by atoms with Gasteiger partial charge in [0.2, 0.25) is 0 Å². The second-order valence-corrected chi connectivity index (χ2v) is 9.06. The lowest BCUT2D eigenvalue weighted by Crippen LogP contribution is -2.47. The van der Waals surface area contributed by atoms with Gasteiger partial charge in [-0.3, -0.25) is 0 Å². The second-order valence-electron chi connectivity index (χ2n) is 9.06. The van der Waals surface area contributed by atoms with E-state index >= 15 is 0 Å². The molecular weight excluding hydrogens is 486 g/mol. The third-order valence-corrected chi connectivity index (χ3v) is 6.66. The van der Waals surface area contributed by atoms with Crippen molar-refractivity contribution in [3.05, 3.63) is 78.1 Å². The number of hydrogen-bond donors (Lipinski definition) is 0. The third-order valence-electron chi connectivity index (χ3n) is 6.66. The van der Waals surface area contributed by atoms with Crippen LogP contribution in [0.2, 0.25) is 0 Å². The lowest BCUT2D eigenvalue weighted by atomic mass is 9.94. The molecule has 0 N–H and O–H groups in total. The van der Waals surface area contributed by atoms with Gasteiger partial charge in [-0.1, -0.05) is 18.2 Å². The van der Waals surface area contributed by atoms with Gasteiger partial charge in [0, 0.05) is 24.9 Å². The normalized spacial score (nSPS) is 21.9. The van der Waals surface area contributed by atoms with Crippen molar-refractivity contribution in [1.82, 2.24) is 4.98 Å². The zero-order valence-electron chi connectivity index (χ0n) is 18.9. The van der Waals surface area contributed by atoms with E-state index in [4.69, 9.17) is 9.47 Å². The van der Waals surface area contributed by atoms with E-state index in [-0.39, 0.29) is 29.4 Å². The highest BCUT2D eigenvalue weighted by Gasteiger charge is 2.44. The molecule has 1 aliphatic carbocycles. The molecule has 4 nitrogen and oxygen atoms in total. The topological polar surface area (TPSA) is 34.6 Å². The van der Waals surface area contributed by atoms with Crippen molar-refractivity contribution >= 4 is 5.69 Å². The summed E-state index contributed by atoms with van der Waals surface area (Å²) in [4.78, 5) is 5.55. The number of alkyl halides is 6. The molecule has 1 aliphatic heterocycles. The highest BCUT2D eigenvalue weighted by molar-refractivity contribution is 5.48. The Hall–Kier alpha value is -3.43. The van der Waals surface area contributed by atoms with Crippen LogP contribution in [0.4, 0.5) is 32.0 Å². The Morgan fingerprint density at radius 2 is 1.47 bits per heavy atom. The highest BCUT2D eigenvalue weighted by Crippen LogP contribution is 2.44. The molecule has 2 aliphatic rings. The summed E-state index contributed by atoms with van der Waals surface area (Å²) in [6, 6.07) is 14.1. The van der Waals surface area contributed by atoms with Gasteiger partial charge < -0.3 is 14.4 Å². The highest BCUT2D eigenvalue weighted by atomic mass is 19.4. The molecule has 1 saturated heterocycles. The quantitative estimate of drug-likeness (QED) is 0.341. The van der Waals surface area contributed by atoms with E-state index < -0.39 is 23.6 Å². The molecule has 1 aromatic heterocycles. The summed E-state index contributed by atoms with van der Waals surface area (Å²) in [6.45, 7) is 1.09. The maximum Gasteiger partial charge on any atom is 0.433 e. The number of nitrogens with zero attached hydrogens (tertiary/aromatic N) is 2. The lowest BCUT2D eigenvalue weighted by molar-refractivity contribution is -0.141. The van der Waals surface area contributed by atoms with Crippen LogP contribution in [0.1, 0.15) is 24.1 Å². The van der Waals surface area contributed by atoms with Crippen molar-refractivity contribution in [2.75, 3.05) is 18.0 Å². The van der Waals surface area contributed by atoms with Crippen LogP contribution in [0, 0.1) is 11.8 Å². The van der Waals surface area contributed by atoms with E-state index in [1.807, 2.05) is 4.90 Å². The summed E-state index contributed by atoms with van der Waals surface area (Å²) in [5.41, 5.74) is -1.19. The number of rotatable bonds is 5. The minimum absolute atomic E-state index is 0.0233. The molecule has 2 aromatic carbocycles. The molecule has 2 bridgehead atoms. The van der Waals surface area contributed by atoms with E-state index in [1.54, 1.807) is 30.3 Å². The Kier molecular flexibility index (Phi) is 6.22. The summed E-state index contributed by atoms with van der Waals surface area (Å²) in [6.07, 6.45) is -6.37. The number of benzene rings is 2. The SMILES string of the molecule is FC(F)(F)c1ccc(OC2[C@@H]3CC[C@H]2CN(c2ccc(C(F)(F)F)nc2)C3)c(Oc2ccccc2)c1. The monoisotopic (exact) mass is 508 g/mol. The molecular formula is C26H22F6N2O2. The van der Waals surface area contributed by atoms with Crippen LogP contribution in [0.25, 0.3) is 0 Å². The maximum absolute atomic E-state index is 13.4. The molecule has 36 heavy (non-hydrogen) atoms. The van der Waals surface area contributed by atoms with Crippen molar-refractivity contribution in [2.24, 2.45) is 11.8 Å². The van der Waals surface area contributed by atoms with Gasteiger partial charge in [-0.25, -0.2) is 4.98 Å². The van der Waals surface area contributed by atoms with Gasteiger partial charge in [0.15, 0.2) is 11.5 Å². The Morgan fingerprint density at radius 3 is 2.06 bits per heavy atom. The molecule has 3 aromatic rings. The van der Waals surface area contributed by atoms with Crippen LogP contribution in [0.15, 0.2) is 66.9 Å². The van der Waals surface area contributed by atoms with Crippen molar-refractivity contribution in [3.63, 3.8) is 0 Å². The molecule has 2 heterocycles. The molecule has 2 fully saturated rings. The first-order valence-electron chi connectivity index (χ1n) is 11.5. The first-order valence-corrected chi connectivity index (χ1v) is 11.5. The van der Waals surface area contributed by atoms with E-state index in [2.05, 4.69) is 4.98 Å². The van der Waals surface area contributed by atoms with Gasteiger partial charge in [0.1, 0.15) is 17.5 Å². The zero-order chi connectivity index (χ0) is 25.5. The molecule has 190 valence electrons. The van der Waals surface area contributed by atoms with Gasteiger partial charge in [0.05, 0.1) is 17.4 Å². The number of aromatic nitrogens is 1. The number of ether oxygens (including phenoxy) is 2.